The number of nitrogens with one attached hydrogen (secondary N) is 2. The Bertz CT molecular complexity index is 577. The van der Waals surface area contributed by atoms with Crippen LogP contribution in [0.25, 0.3) is 0 Å². The maximum absolute atomic E-state index is 11.8. The molecule has 1 aliphatic rings. The van der Waals surface area contributed by atoms with Gasteiger partial charge in [-0.05, 0) is 19.8 Å². The first-order valence-electron chi connectivity index (χ1n) is 6.17. The molecule has 2 amide bonds. The van der Waals surface area contributed by atoms with Crippen LogP contribution >= 0.6 is 11.3 Å². The molecule has 0 radical (unpaired) electrons. The van der Waals surface area contributed by atoms with Crippen molar-refractivity contribution in [3.63, 3.8) is 0 Å². The normalized spacial score (nSPS) is 17.9. The minimum absolute atomic E-state index is 0.0259. The van der Waals surface area contributed by atoms with E-state index in [9.17, 15) is 13.2 Å². The maximum atomic E-state index is 11.8. The highest BCUT2D eigenvalue weighted by molar-refractivity contribution is 7.88. The predicted molar refractivity (Wildman–Crippen MR) is 76.2 cm³/mol. The standard InChI is InChI=1S/C10H17N5O3S2/c1-7-13-14-10(19-7)12-9(16)11-8-3-5-15(6-4-8)20(2,17)18/h8H,3-6H2,1-2H3,(H2,11,12,14,16). The van der Waals surface area contributed by atoms with Gasteiger partial charge in [0.15, 0.2) is 0 Å². The summed E-state index contributed by atoms with van der Waals surface area (Å²) in [6.45, 7) is 2.67. The molecule has 112 valence electrons. The monoisotopic (exact) mass is 319 g/mol. The zero-order valence-electron chi connectivity index (χ0n) is 11.3. The van der Waals surface area contributed by atoms with Gasteiger partial charge in [0.1, 0.15) is 5.01 Å². The number of carbonyl (C=O) groups is 1. The van der Waals surface area contributed by atoms with Crippen molar-refractivity contribution in [1.29, 1.82) is 0 Å². The molecule has 1 aromatic rings. The summed E-state index contributed by atoms with van der Waals surface area (Å²) in [4.78, 5) is 11.8. The third kappa shape index (κ3) is 4.12. The third-order valence-electron chi connectivity index (χ3n) is 3.00. The second-order valence-electron chi connectivity index (χ2n) is 4.66. The van der Waals surface area contributed by atoms with E-state index in [1.807, 2.05) is 6.92 Å². The van der Waals surface area contributed by atoms with Crippen molar-refractivity contribution >= 4 is 32.5 Å². The van der Waals surface area contributed by atoms with E-state index >= 15 is 0 Å². The fraction of sp³-hybridized carbons (Fsp3) is 0.700. The lowest BCUT2D eigenvalue weighted by atomic mass is 10.1. The molecule has 0 spiro atoms. The second-order valence-corrected chi connectivity index (χ2v) is 7.83. The first-order chi connectivity index (χ1) is 9.34. The van der Waals surface area contributed by atoms with Gasteiger partial charge in [0, 0.05) is 19.1 Å². The summed E-state index contributed by atoms with van der Waals surface area (Å²) >= 11 is 1.30. The highest BCUT2D eigenvalue weighted by Crippen LogP contribution is 2.15. The summed E-state index contributed by atoms with van der Waals surface area (Å²) in [5.74, 6) is 0. The molecule has 0 unspecified atom stereocenters. The van der Waals surface area contributed by atoms with Crippen LogP contribution < -0.4 is 10.6 Å². The number of aryl methyl sites for hydroxylation is 1. The van der Waals surface area contributed by atoms with Crippen LogP contribution in [0.5, 0.6) is 0 Å². The fourth-order valence-corrected chi connectivity index (χ4v) is 3.46. The summed E-state index contributed by atoms with van der Waals surface area (Å²) < 4.78 is 24.2. The number of piperidine rings is 1. The van der Waals surface area contributed by atoms with Crippen LogP contribution in [0.2, 0.25) is 0 Å². The van der Waals surface area contributed by atoms with Crippen molar-refractivity contribution < 1.29 is 13.2 Å². The van der Waals surface area contributed by atoms with Gasteiger partial charge >= 0.3 is 6.03 Å². The molecule has 2 N–H and O–H groups in total. The lowest BCUT2D eigenvalue weighted by Crippen LogP contribution is -2.47. The topological polar surface area (TPSA) is 104 Å². The number of aromatic nitrogens is 2. The van der Waals surface area contributed by atoms with Crippen molar-refractivity contribution in [2.24, 2.45) is 0 Å². The predicted octanol–water partition coefficient (Wildman–Crippen LogP) is 0.392. The molecule has 0 bridgehead atoms. The summed E-state index contributed by atoms with van der Waals surface area (Å²) in [5, 5.41) is 14.3. The Balaban J connectivity index is 1.79. The van der Waals surface area contributed by atoms with E-state index in [1.54, 1.807) is 0 Å². The van der Waals surface area contributed by atoms with Crippen molar-refractivity contribution in [3.05, 3.63) is 5.01 Å². The highest BCUT2D eigenvalue weighted by atomic mass is 32.2. The quantitative estimate of drug-likeness (QED) is 0.839. The lowest BCUT2D eigenvalue weighted by molar-refractivity contribution is 0.238. The zero-order valence-corrected chi connectivity index (χ0v) is 12.9. The van der Waals surface area contributed by atoms with E-state index in [1.165, 1.54) is 21.9 Å². The van der Waals surface area contributed by atoms with Crippen molar-refractivity contribution in [2.45, 2.75) is 25.8 Å². The molecule has 0 aromatic carbocycles. The van der Waals surface area contributed by atoms with E-state index in [4.69, 9.17) is 0 Å². The Morgan fingerprint density at radius 2 is 2.00 bits per heavy atom. The molecule has 0 saturated carbocycles. The van der Waals surface area contributed by atoms with Crippen molar-refractivity contribution in [2.75, 3.05) is 24.7 Å². The number of rotatable bonds is 3. The molecule has 8 nitrogen and oxygen atoms in total. The third-order valence-corrected chi connectivity index (χ3v) is 5.06. The number of sulfonamides is 1. The molecule has 1 fully saturated rings. The van der Waals surface area contributed by atoms with E-state index < -0.39 is 10.0 Å². The van der Waals surface area contributed by atoms with Gasteiger partial charge in [-0.15, -0.1) is 10.2 Å². The Kier molecular flexibility index (Phi) is 4.55. The number of carbonyl (C=O) groups excluding carboxylic acids is 1. The summed E-state index contributed by atoms with van der Waals surface area (Å²) in [5.41, 5.74) is 0. The van der Waals surface area contributed by atoms with Gasteiger partial charge in [-0.1, -0.05) is 11.3 Å². The van der Waals surface area contributed by atoms with Crippen molar-refractivity contribution in [1.82, 2.24) is 19.8 Å². The molecule has 1 aliphatic heterocycles. The van der Waals surface area contributed by atoms with Crippen LogP contribution in [0, 0.1) is 6.92 Å². The van der Waals surface area contributed by atoms with Gasteiger partial charge in [-0.25, -0.2) is 17.5 Å². The molecule has 2 heterocycles. The first kappa shape index (κ1) is 15.1. The Morgan fingerprint density at radius 3 is 2.50 bits per heavy atom. The number of nitrogens with zero attached hydrogens (tertiary/aromatic N) is 3. The largest absolute Gasteiger partial charge is 0.335 e. The molecular weight excluding hydrogens is 302 g/mol. The Hall–Kier alpha value is -1.26. The SMILES string of the molecule is Cc1nnc(NC(=O)NC2CCN(S(C)(=O)=O)CC2)s1. The van der Waals surface area contributed by atoms with E-state index in [-0.39, 0.29) is 12.1 Å². The number of anilines is 1. The molecule has 10 heteroatoms. The summed E-state index contributed by atoms with van der Waals surface area (Å²) in [7, 11) is -3.14. The van der Waals surface area contributed by atoms with Crippen LogP contribution in [0.15, 0.2) is 0 Å². The molecule has 0 atom stereocenters. The number of amides is 2. The van der Waals surface area contributed by atoms with Crippen LogP contribution in [0.4, 0.5) is 9.93 Å². The molecule has 0 aliphatic carbocycles. The van der Waals surface area contributed by atoms with E-state index in [0.717, 1.165) is 5.01 Å². The summed E-state index contributed by atoms with van der Waals surface area (Å²) in [6, 6.07) is -0.360. The van der Waals surface area contributed by atoms with Crippen LogP contribution in [-0.2, 0) is 10.0 Å². The number of hydrogen-bond donors (Lipinski definition) is 2. The molecule has 2 rings (SSSR count). The van der Waals surface area contributed by atoms with Crippen LogP contribution in [-0.4, -0.2) is 54.3 Å². The zero-order chi connectivity index (χ0) is 14.8. The van der Waals surface area contributed by atoms with Crippen molar-refractivity contribution in [3.8, 4) is 0 Å². The van der Waals surface area contributed by atoms with Crippen LogP contribution in [0.1, 0.15) is 17.8 Å². The minimum Gasteiger partial charge on any atom is -0.335 e. The number of urea groups is 1. The van der Waals surface area contributed by atoms with E-state index in [0.29, 0.717) is 31.1 Å². The lowest BCUT2D eigenvalue weighted by Gasteiger charge is -2.30. The Morgan fingerprint density at radius 1 is 1.35 bits per heavy atom. The van der Waals surface area contributed by atoms with Gasteiger partial charge in [0.25, 0.3) is 0 Å². The van der Waals surface area contributed by atoms with Gasteiger partial charge < -0.3 is 5.32 Å². The van der Waals surface area contributed by atoms with Gasteiger partial charge in [-0.2, -0.15) is 0 Å². The maximum Gasteiger partial charge on any atom is 0.321 e. The highest BCUT2D eigenvalue weighted by Gasteiger charge is 2.25. The van der Waals surface area contributed by atoms with Gasteiger partial charge in [-0.3, -0.25) is 5.32 Å². The molecule has 1 aromatic heterocycles. The average Bonchev–Trinajstić information content (AvgIpc) is 2.74. The second kappa shape index (κ2) is 6.02. The smallest absolute Gasteiger partial charge is 0.321 e. The minimum atomic E-state index is -3.14. The summed E-state index contributed by atoms with van der Waals surface area (Å²) in [6.07, 6.45) is 2.41. The first-order valence-corrected chi connectivity index (χ1v) is 8.84. The molecular formula is C10H17N5O3S2. The van der Waals surface area contributed by atoms with Gasteiger partial charge in [0.05, 0.1) is 6.26 Å². The molecule has 1 saturated heterocycles. The van der Waals surface area contributed by atoms with E-state index in [2.05, 4.69) is 20.8 Å². The Labute approximate surface area is 121 Å². The van der Waals surface area contributed by atoms with Crippen LogP contribution in [0.3, 0.4) is 0 Å². The fourth-order valence-electron chi connectivity index (χ4n) is 2.00. The average molecular weight is 319 g/mol. The van der Waals surface area contributed by atoms with Gasteiger partial charge in [0.2, 0.25) is 15.2 Å². The number of hydrogen-bond acceptors (Lipinski definition) is 6. The molecule has 20 heavy (non-hydrogen) atoms.